The van der Waals surface area contributed by atoms with Crippen LogP contribution in [0.4, 0.5) is 5.69 Å². The van der Waals surface area contributed by atoms with E-state index < -0.39 is 34.1 Å². The van der Waals surface area contributed by atoms with Gasteiger partial charge in [-0.15, -0.1) is 0 Å². The lowest BCUT2D eigenvalue weighted by Gasteiger charge is -2.35. The van der Waals surface area contributed by atoms with Crippen LogP contribution in [0.25, 0.3) is 0 Å². The van der Waals surface area contributed by atoms with Crippen LogP contribution in [0.15, 0.2) is 114 Å². The maximum atomic E-state index is 14.5. The van der Waals surface area contributed by atoms with Gasteiger partial charge in [-0.05, 0) is 80.8 Å². The van der Waals surface area contributed by atoms with Crippen LogP contribution in [0.3, 0.4) is 0 Å². The number of hydrogen-bond acceptors (Lipinski definition) is 4. The highest BCUT2D eigenvalue weighted by atomic mass is 35.5. The van der Waals surface area contributed by atoms with Gasteiger partial charge in [0.15, 0.2) is 0 Å². The average molecular weight is 632 g/mol. The number of rotatable bonds is 11. The summed E-state index contributed by atoms with van der Waals surface area (Å²) in [6.45, 7) is 7.05. The maximum Gasteiger partial charge on any atom is 0.264 e. The van der Waals surface area contributed by atoms with E-state index in [2.05, 4.69) is 5.32 Å². The summed E-state index contributed by atoms with van der Waals surface area (Å²) in [6.07, 6.45) is 0.234. The van der Waals surface area contributed by atoms with E-state index in [0.29, 0.717) is 10.7 Å². The Hall–Kier alpha value is -4.14. The van der Waals surface area contributed by atoms with Crippen LogP contribution in [-0.2, 0) is 32.6 Å². The molecule has 44 heavy (non-hydrogen) atoms. The molecule has 1 atom stereocenters. The standard InChI is InChI=1S/C35H38ClN3O4S/c1-26-12-11-15-30(22-26)39(44(42,43)31-16-9-6-10-17-31)25-33(40)38(24-28-18-20-29(36)21-19-28)32(34(41)37-35(2,3)4)23-27-13-7-5-8-14-27/h5-22,32H,23-25H2,1-4H3,(H,37,41). The molecule has 9 heteroatoms. The van der Waals surface area contributed by atoms with Crippen LogP contribution >= 0.6 is 11.6 Å². The van der Waals surface area contributed by atoms with E-state index in [0.717, 1.165) is 21.0 Å². The van der Waals surface area contributed by atoms with E-state index in [1.807, 2.05) is 64.1 Å². The molecule has 2 amide bonds. The monoisotopic (exact) mass is 631 g/mol. The van der Waals surface area contributed by atoms with Gasteiger partial charge >= 0.3 is 0 Å². The maximum absolute atomic E-state index is 14.5. The van der Waals surface area contributed by atoms with Gasteiger partial charge in [-0.2, -0.15) is 0 Å². The molecule has 0 aromatic heterocycles. The fourth-order valence-corrected chi connectivity index (χ4v) is 6.38. The number of carbonyl (C=O) groups excluding carboxylic acids is 2. The first-order chi connectivity index (χ1) is 20.8. The summed E-state index contributed by atoms with van der Waals surface area (Å²) in [5, 5.41) is 3.57. The second kappa shape index (κ2) is 14.1. The van der Waals surface area contributed by atoms with Gasteiger partial charge in [0.25, 0.3) is 10.0 Å². The summed E-state index contributed by atoms with van der Waals surface area (Å²) in [7, 11) is -4.14. The van der Waals surface area contributed by atoms with Crippen LogP contribution in [0.1, 0.15) is 37.5 Å². The molecule has 7 nitrogen and oxygen atoms in total. The highest BCUT2D eigenvalue weighted by Crippen LogP contribution is 2.26. The van der Waals surface area contributed by atoms with Gasteiger partial charge in [-0.1, -0.05) is 84.4 Å². The number of anilines is 1. The molecule has 0 fully saturated rings. The largest absolute Gasteiger partial charge is 0.350 e. The van der Waals surface area contributed by atoms with Crippen molar-refractivity contribution in [3.05, 3.63) is 131 Å². The van der Waals surface area contributed by atoms with Crippen molar-refractivity contribution in [2.75, 3.05) is 10.8 Å². The van der Waals surface area contributed by atoms with Gasteiger partial charge in [0.2, 0.25) is 11.8 Å². The minimum atomic E-state index is -4.14. The van der Waals surface area contributed by atoms with Gasteiger partial charge in [0, 0.05) is 23.5 Å². The molecular formula is C35H38ClN3O4S. The molecule has 0 radical (unpaired) electrons. The Kier molecular flexibility index (Phi) is 10.5. The van der Waals surface area contributed by atoms with Gasteiger partial charge < -0.3 is 10.2 Å². The molecule has 0 aliphatic heterocycles. The lowest BCUT2D eigenvalue weighted by Crippen LogP contribution is -2.56. The third-order valence-electron chi connectivity index (χ3n) is 6.94. The summed E-state index contributed by atoms with van der Waals surface area (Å²) >= 11 is 6.14. The molecule has 0 spiro atoms. The lowest BCUT2D eigenvalue weighted by molar-refractivity contribution is -0.140. The number of halogens is 1. The predicted octanol–water partition coefficient (Wildman–Crippen LogP) is 6.40. The van der Waals surface area contributed by atoms with Crippen molar-refractivity contribution in [3.63, 3.8) is 0 Å². The van der Waals surface area contributed by atoms with Crippen molar-refractivity contribution in [2.45, 2.75) is 57.1 Å². The number of amides is 2. The molecule has 1 unspecified atom stereocenters. The highest BCUT2D eigenvalue weighted by molar-refractivity contribution is 7.92. The molecule has 0 saturated carbocycles. The number of sulfonamides is 1. The zero-order valence-corrected chi connectivity index (χ0v) is 27.0. The van der Waals surface area contributed by atoms with Crippen LogP contribution in [-0.4, -0.2) is 43.3 Å². The number of hydrogen-bond donors (Lipinski definition) is 1. The van der Waals surface area contributed by atoms with Gasteiger partial charge in [0.05, 0.1) is 10.6 Å². The van der Waals surface area contributed by atoms with Crippen molar-refractivity contribution in [1.29, 1.82) is 0 Å². The van der Waals surface area contributed by atoms with Crippen molar-refractivity contribution in [1.82, 2.24) is 10.2 Å². The molecular weight excluding hydrogens is 594 g/mol. The van der Waals surface area contributed by atoms with E-state index in [-0.39, 0.29) is 23.8 Å². The second-order valence-corrected chi connectivity index (χ2v) is 14.1. The summed E-state index contributed by atoms with van der Waals surface area (Å²) in [6, 6.07) is 30.6. The molecule has 4 rings (SSSR count). The highest BCUT2D eigenvalue weighted by Gasteiger charge is 2.35. The Morgan fingerprint density at radius 2 is 1.43 bits per heavy atom. The van der Waals surface area contributed by atoms with E-state index in [9.17, 15) is 18.0 Å². The Balaban J connectivity index is 1.81. The molecule has 0 aliphatic carbocycles. The molecule has 4 aromatic rings. The van der Waals surface area contributed by atoms with Gasteiger partial charge in [-0.3, -0.25) is 13.9 Å². The van der Waals surface area contributed by atoms with Gasteiger partial charge in [0.1, 0.15) is 12.6 Å². The molecule has 0 bridgehead atoms. The number of carbonyl (C=O) groups is 2. The number of benzene rings is 4. The summed E-state index contributed by atoms with van der Waals surface area (Å²) in [5.41, 5.74) is 2.24. The van der Waals surface area contributed by atoms with Gasteiger partial charge in [-0.25, -0.2) is 8.42 Å². The van der Waals surface area contributed by atoms with E-state index >= 15 is 0 Å². The summed E-state index contributed by atoms with van der Waals surface area (Å²) in [4.78, 5) is 29.9. The first kappa shape index (κ1) is 32.8. The Bertz CT molecular complexity index is 1670. The Labute approximate surface area is 265 Å². The van der Waals surface area contributed by atoms with Crippen LogP contribution in [0, 0.1) is 6.92 Å². The fourth-order valence-electron chi connectivity index (χ4n) is 4.82. The van der Waals surface area contributed by atoms with E-state index in [1.165, 1.54) is 17.0 Å². The predicted molar refractivity (Wildman–Crippen MR) is 176 cm³/mol. The summed E-state index contributed by atoms with van der Waals surface area (Å²) in [5.74, 6) is -0.859. The Morgan fingerprint density at radius 3 is 2.02 bits per heavy atom. The zero-order chi connectivity index (χ0) is 31.9. The molecule has 230 valence electrons. The molecule has 0 heterocycles. The SMILES string of the molecule is Cc1cccc(N(CC(=O)N(Cc2ccc(Cl)cc2)C(Cc2ccccc2)C(=O)NC(C)(C)C)S(=O)(=O)c2ccccc2)c1. The minimum Gasteiger partial charge on any atom is -0.350 e. The van der Waals surface area contributed by atoms with Crippen LogP contribution < -0.4 is 9.62 Å². The third kappa shape index (κ3) is 8.71. The molecule has 0 saturated heterocycles. The smallest absolute Gasteiger partial charge is 0.264 e. The first-order valence-electron chi connectivity index (χ1n) is 14.4. The number of nitrogens with zero attached hydrogens (tertiary/aromatic N) is 2. The quantitative estimate of drug-likeness (QED) is 0.208. The zero-order valence-electron chi connectivity index (χ0n) is 25.4. The molecule has 0 aliphatic rings. The van der Waals surface area contributed by atoms with Crippen molar-refractivity contribution < 1.29 is 18.0 Å². The van der Waals surface area contributed by atoms with Crippen molar-refractivity contribution >= 4 is 39.1 Å². The van der Waals surface area contributed by atoms with Crippen LogP contribution in [0.5, 0.6) is 0 Å². The van der Waals surface area contributed by atoms with E-state index in [1.54, 1.807) is 60.7 Å². The number of nitrogens with one attached hydrogen (secondary N) is 1. The van der Waals surface area contributed by atoms with Crippen molar-refractivity contribution in [3.8, 4) is 0 Å². The molecule has 4 aromatic carbocycles. The third-order valence-corrected chi connectivity index (χ3v) is 8.98. The van der Waals surface area contributed by atoms with Crippen molar-refractivity contribution in [2.24, 2.45) is 0 Å². The lowest BCUT2D eigenvalue weighted by atomic mass is 10.0. The van der Waals surface area contributed by atoms with E-state index in [4.69, 9.17) is 11.6 Å². The fraction of sp³-hybridized carbons (Fsp3) is 0.257. The first-order valence-corrected chi connectivity index (χ1v) is 16.2. The average Bonchev–Trinajstić information content (AvgIpc) is 2.98. The Morgan fingerprint density at radius 1 is 0.818 bits per heavy atom. The normalized spacial score (nSPS) is 12.3. The van der Waals surface area contributed by atoms with Crippen LogP contribution in [0.2, 0.25) is 5.02 Å². The topological polar surface area (TPSA) is 86.8 Å². The summed E-state index contributed by atoms with van der Waals surface area (Å²) < 4.78 is 29.2. The number of aryl methyl sites for hydroxylation is 1. The minimum absolute atomic E-state index is 0.0601. The molecule has 1 N–H and O–H groups in total. The second-order valence-electron chi connectivity index (χ2n) is 11.8.